The number of carbonyl (C=O) groups is 1. The van der Waals surface area contributed by atoms with Gasteiger partial charge in [-0.3, -0.25) is 4.79 Å². The maximum absolute atomic E-state index is 13.7. The van der Waals surface area contributed by atoms with Gasteiger partial charge in [-0.2, -0.15) is 5.10 Å². The fourth-order valence-corrected chi connectivity index (χ4v) is 2.83. The molecule has 3 aromatic rings. The number of rotatable bonds is 5. The van der Waals surface area contributed by atoms with Crippen molar-refractivity contribution < 1.29 is 13.9 Å². The molecule has 7 heteroatoms. The number of ether oxygens (including phenoxy) is 1. The van der Waals surface area contributed by atoms with Gasteiger partial charge in [-0.25, -0.2) is 9.07 Å². The van der Waals surface area contributed by atoms with Crippen LogP contribution in [0.1, 0.15) is 21.5 Å². The molecule has 25 heavy (non-hydrogen) atoms. The molecule has 0 atom stereocenters. The molecule has 4 nitrogen and oxygen atoms in total. The summed E-state index contributed by atoms with van der Waals surface area (Å²) < 4.78 is 20.8. The number of nitrogens with zero attached hydrogens (tertiary/aromatic N) is 2. The maximum atomic E-state index is 13.7. The summed E-state index contributed by atoms with van der Waals surface area (Å²) in [6.07, 6.45) is 1.39. The third kappa shape index (κ3) is 3.67. The summed E-state index contributed by atoms with van der Waals surface area (Å²) >= 11 is 12.0. The Morgan fingerprint density at radius 2 is 1.96 bits per heavy atom. The number of hydrogen-bond acceptors (Lipinski definition) is 3. The van der Waals surface area contributed by atoms with Crippen molar-refractivity contribution in [2.45, 2.75) is 6.61 Å². The largest absolute Gasteiger partial charge is 0.472 e. The van der Waals surface area contributed by atoms with E-state index in [2.05, 4.69) is 5.10 Å². The van der Waals surface area contributed by atoms with Crippen molar-refractivity contribution in [3.8, 4) is 5.88 Å². The van der Waals surface area contributed by atoms with E-state index in [9.17, 15) is 9.18 Å². The first-order valence-electron chi connectivity index (χ1n) is 7.35. The minimum Gasteiger partial charge on any atom is -0.472 e. The number of aromatic nitrogens is 2. The first-order chi connectivity index (χ1) is 12.0. The highest BCUT2D eigenvalue weighted by molar-refractivity contribution is 6.37. The minimum atomic E-state index is -0.377. The fourth-order valence-electron chi connectivity index (χ4n) is 2.33. The molecule has 0 saturated heterocycles. The van der Waals surface area contributed by atoms with Crippen LogP contribution in [0.5, 0.6) is 5.88 Å². The molecule has 3 rings (SSSR count). The van der Waals surface area contributed by atoms with Crippen molar-refractivity contribution in [2.24, 2.45) is 7.05 Å². The Morgan fingerprint density at radius 1 is 1.20 bits per heavy atom. The van der Waals surface area contributed by atoms with Gasteiger partial charge in [0.1, 0.15) is 18.0 Å². The Balaban J connectivity index is 1.89. The summed E-state index contributed by atoms with van der Waals surface area (Å²) in [5, 5.41) is 4.72. The van der Waals surface area contributed by atoms with E-state index in [4.69, 9.17) is 27.9 Å². The zero-order chi connectivity index (χ0) is 18.0. The molecule has 0 spiro atoms. The van der Waals surface area contributed by atoms with Crippen LogP contribution in [0.15, 0.2) is 48.7 Å². The van der Waals surface area contributed by atoms with Crippen LogP contribution in [-0.2, 0) is 13.7 Å². The van der Waals surface area contributed by atoms with Crippen molar-refractivity contribution in [3.05, 3.63) is 81.2 Å². The average molecular weight is 379 g/mol. The average Bonchev–Trinajstić information content (AvgIpc) is 2.94. The lowest BCUT2D eigenvalue weighted by molar-refractivity contribution is 0.103. The van der Waals surface area contributed by atoms with Crippen molar-refractivity contribution in [3.63, 3.8) is 0 Å². The van der Waals surface area contributed by atoms with Crippen molar-refractivity contribution in [1.82, 2.24) is 9.78 Å². The SMILES string of the molecule is Cn1ncc(C(=O)c2ccc(Cl)cc2Cl)c1OCc1ccccc1F. The lowest BCUT2D eigenvalue weighted by Gasteiger charge is -2.10. The van der Waals surface area contributed by atoms with Crippen molar-refractivity contribution >= 4 is 29.0 Å². The molecule has 0 radical (unpaired) electrons. The number of ketones is 1. The smallest absolute Gasteiger partial charge is 0.223 e. The fraction of sp³-hybridized carbons (Fsp3) is 0.111. The highest BCUT2D eigenvalue weighted by Gasteiger charge is 2.21. The van der Waals surface area contributed by atoms with Gasteiger partial charge in [0.15, 0.2) is 0 Å². The Labute approximate surface area is 153 Å². The van der Waals surface area contributed by atoms with Gasteiger partial charge in [0.2, 0.25) is 11.7 Å². The van der Waals surface area contributed by atoms with Gasteiger partial charge >= 0.3 is 0 Å². The second-order valence-electron chi connectivity index (χ2n) is 5.32. The van der Waals surface area contributed by atoms with Crippen molar-refractivity contribution in [2.75, 3.05) is 0 Å². The molecule has 0 fully saturated rings. The van der Waals surface area contributed by atoms with E-state index >= 15 is 0 Å². The predicted molar refractivity (Wildman–Crippen MR) is 93.8 cm³/mol. The second kappa shape index (κ2) is 7.25. The van der Waals surface area contributed by atoms with Crippen molar-refractivity contribution in [1.29, 1.82) is 0 Å². The molecular formula is C18H13Cl2FN2O2. The zero-order valence-electron chi connectivity index (χ0n) is 13.2. The van der Waals surface area contributed by atoms with Gasteiger partial charge < -0.3 is 4.74 Å². The third-order valence-electron chi connectivity index (χ3n) is 3.63. The van der Waals surface area contributed by atoms with Gasteiger partial charge in [0, 0.05) is 23.2 Å². The Kier molecular flexibility index (Phi) is 5.06. The van der Waals surface area contributed by atoms with Gasteiger partial charge in [0.05, 0.1) is 11.2 Å². The second-order valence-corrected chi connectivity index (χ2v) is 6.16. The predicted octanol–water partition coefficient (Wildman–Crippen LogP) is 4.68. The Hall–Kier alpha value is -2.37. The molecular weight excluding hydrogens is 366 g/mol. The topological polar surface area (TPSA) is 44.1 Å². The standard InChI is InChI=1S/C18H13Cl2FN2O2/c1-23-18(25-10-11-4-2-3-5-16(11)21)14(9-22-23)17(24)13-7-6-12(19)8-15(13)20/h2-9H,10H2,1H3. The third-order valence-corrected chi connectivity index (χ3v) is 4.17. The summed E-state index contributed by atoms with van der Waals surface area (Å²) in [4.78, 5) is 12.8. The highest BCUT2D eigenvalue weighted by atomic mass is 35.5. The summed E-state index contributed by atoms with van der Waals surface area (Å²) in [6, 6.07) is 10.9. The van der Waals surface area contributed by atoms with Crippen LogP contribution >= 0.6 is 23.2 Å². The normalized spacial score (nSPS) is 10.7. The van der Waals surface area contributed by atoms with Gasteiger partial charge in [0.25, 0.3) is 0 Å². The number of carbonyl (C=O) groups excluding carboxylic acids is 1. The number of hydrogen-bond donors (Lipinski definition) is 0. The van der Waals surface area contributed by atoms with Crippen LogP contribution in [0.4, 0.5) is 4.39 Å². The molecule has 1 heterocycles. The lowest BCUT2D eigenvalue weighted by Crippen LogP contribution is -2.08. The molecule has 0 amide bonds. The molecule has 0 N–H and O–H groups in total. The minimum absolute atomic E-state index is 0.0269. The molecule has 0 aliphatic rings. The van der Waals surface area contributed by atoms with Crippen LogP contribution < -0.4 is 4.74 Å². The van der Waals surface area contributed by atoms with Crippen LogP contribution in [-0.4, -0.2) is 15.6 Å². The molecule has 0 aliphatic heterocycles. The molecule has 0 unspecified atom stereocenters. The maximum Gasteiger partial charge on any atom is 0.223 e. The molecule has 128 valence electrons. The first kappa shape index (κ1) is 17.5. The van der Waals surface area contributed by atoms with E-state index in [0.29, 0.717) is 10.6 Å². The molecule has 1 aromatic heterocycles. The molecule has 0 saturated carbocycles. The summed E-state index contributed by atoms with van der Waals surface area (Å²) in [6.45, 7) is -0.0269. The molecule has 0 aliphatic carbocycles. The number of benzene rings is 2. The quantitative estimate of drug-likeness (QED) is 0.605. The zero-order valence-corrected chi connectivity index (χ0v) is 14.7. The number of halogens is 3. The van der Waals surface area contributed by atoms with E-state index in [1.807, 2.05) is 0 Å². The molecule has 2 aromatic carbocycles. The van der Waals surface area contributed by atoms with Gasteiger partial charge in [-0.05, 0) is 24.3 Å². The summed E-state index contributed by atoms with van der Waals surface area (Å²) in [5.41, 5.74) is 0.907. The number of aryl methyl sites for hydroxylation is 1. The summed E-state index contributed by atoms with van der Waals surface area (Å²) in [5.74, 6) is -0.490. The Morgan fingerprint density at radius 3 is 2.68 bits per heavy atom. The monoisotopic (exact) mass is 378 g/mol. The highest BCUT2D eigenvalue weighted by Crippen LogP contribution is 2.27. The molecule has 0 bridgehead atoms. The van der Waals surface area contributed by atoms with E-state index in [1.54, 1.807) is 37.4 Å². The van der Waals surface area contributed by atoms with E-state index in [-0.39, 0.29) is 40.2 Å². The van der Waals surface area contributed by atoms with Crippen LogP contribution in [0.3, 0.4) is 0 Å². The summed E-state index contributed by atoms with van der Waals surface area (Å²) in [7, 11) is 1.64. The van der Waals surface area contributed by atoms with E-state index < -0.39 is 0 Å². The van der Waals surface area contributed by atoms with E-state index in [0.717, 1.165) is 0 Å². The Bertz CT molecular complexity index is 941. The van der Waals surface area contributed by atoms with Crippen LogP contribution in [0.2, 0.25) is 10.0 Å². The lowest BCUT2D eigenvalue weighted by atomic mass is 10.1. The first-order valence-corrected chi connectivity index (χ1v) is 8.11. The van der Waals surface area contributed by atoms with Gasteiger partial charge in [-0.1, -0.05) is 41.4 Å². The van der Waals surface area contributed by atoms with Crippen LogP contribution in [0.25, 0.3) is 0 Å². The van der Waals surface area contributed by atoms with E-state index in [1.165, 1.54) is 23.0 Å². The van der Waals surface area contributed by atoms with Gasteiger partial charge in [-0.15, -0.1) is 0 Å². The van der Waals surface area contributed by atoms with Crippen LogP contribution in [0, 0.1) is 5.82 Å².